The predicted molar refractivity (Wildman–Crippen MR) is 102 cm³/mol. The molecule has 0 N–H and O–H groups in total. The lowest BCUT2D eigenvalue weighted by Gasteiger charge is -2.29. The number of carbonyl (C=O) groups is 3. The molecule has 1 saturated heterocycles. The molecule has 0 aromatic heterocycles. The average Bonchev–Trinajstić information content (AvgIpc) is 3.20. The number of anilines is 1. The Morgan fingerprint density at radius 2 is 1.74 bits per heavy atom. The van der Waals surface area contributed by atoms with Crippen LogP contribution >= 0.6 is 15.9 Å². The van der Waals surface area contributed by atoms with E-state index in [9.17, 15) is 14.4 Å². The topological polar surface area (TPSA) is 76.0 Å². The summed E-state index contributed by atoms with van der Waals surface area (Å²) in [4.78, 5) is 44.6. The molecule has 7 heteroatoms. The second-order valence-electron chi connectivity index (χ2n) is 6.39. The van der Waals surface area contributed by atoms with E-state index in [1.54, 1.807) is 54.6 Å². The van der Waals surface area contributed by atoms with E-state index in [0.29, 0.717) is 11.3 Å². The van der Waals surface area contributed by atoms with Gasteiger partial charge in [-0.15, -0.1) is 0 Å². The normalized spacial score (nSPS) is 26.4. The number of amides is 2. The van der Waals surface area contributed by atoms with Crippen molar-refractivity contribution in [2.45, 2.75) is 5.54 Å². The van der Waals surface area contributed by atoms with Crippen LogP contribution in [-0.2, 0) is 24.7 Å². The smallest absolute Gasteiger partial charge is 0.339 e. The van der Waals surface area contributed by atoms with Crippen LogP contribution in [0.2, 0.25) is 0 Å². The highest BCUT2D eigenvalue weighted by molar-refractivity contribution is 9.10. The SMILES string of the molecule is COC(=O)[C@@]1(c2ccc(Br)cc2)N=C[C@H]2C(=O)N(c3ccccc3)C(=O)[C@H]21. The van der Waals surface area contributed by atoms with Gasteiger partial charge >= 0.3 is 5.97 Å². The van der Waals surface area contributed by atoms with E-state index in [2.05, 4.69) is 20.9 Å². The van der Waals surface area contributed by atoms with Crippen LogP contribution in [0.1, 0.15) is 5.56 Å². The van der Waals surface area contributed by atoms with Gasteiger partial charge in [0.05, 0.1) is 24.6 Å². The lowest BCUT2D eigenvalue weighted by atomic mass is 9.76. The fourth-order valence-electron chi connectivity index (χ4n) is 3.80. The number of hydrogen-bond acceptors (Lipinski definition) is 5. The molecule has 4 rings (SSSR count). The number of halogens is 1. The zero-order valence-corrected chi connectivity index (χ0v) is 15.9. The first-order valence-corrected chi connectivity index (χ1v) is 9.12. The van der Waals surface area contributed by atoms with Crippen molar-refractivity contribution in [3.05, 3.63) is 64.6 Å². The number of fused-ring (bicyclic) bond motifs is 1. The number of ether oxygens (including phenoxy) is 1. The molecule has 6 nitrogen and oxygen atoms in total. The molecule has 2 aliphatic rings. The zero-order valence-electron chi connectivity index (χ0n) is 14.3. The molecule has 0 bridgehead atoms. The Bertz CT molecular complexity index is 958. The summed E-state index contributed by atoms with van der Waals surface area (Å²) in [5.74, 6) is -3.28. The second kappa shape index (κ2) is 6.42. The standard InChI is InChI=1S/C20H15BrN2O4/c1-27-19(26)20(12-7-9-13(21)10-8-12)16-15(11-22-20)17(24)23(18(16)25)14-5-3-2-4-6-14/h2-11,15-16H,1H3/t15-,16+,20+/m1/s1. The van der Waals surface area contributed by atoms with Gasteiger partial charge in [-0.25, -0.2) is 9.69 Å². The quantitative estimate of drug-likeness (QED) is 0.558. The first kappa shape index (κ1) is 17.6. The van der Waals surface area contributed by atoms with E-state index in [4.69, 9.17) is 4.74 Å². The number of rotatable bonds is 3. The third-order valence-electron chi connectivity index (χ3n) is 5.04. The first-order valence-electron chi connectivity index (χ1n) is 8.33. The third kappa shape index (κ3) is 2.45. The molecular formula is C20H15BrN2O4. The molecule has 2 aromatic rings. The molecule has 0 saturated carbocycles. The van der Waals surface area contributed by atoms with Gasteiger partial charge in [-0.1, -0.05) is 46.3 Å². The average molecular weight is 427 g/mol. The van der Waals surface area contributed by atoms with Crippen molar-refractivity contribution in [1.82, 2.24) is 0 Å². The van der Waals surface area contributed by atoms with Gasteiger partial charge in [0.15, 0.2) is 5.54 Å². The van der Waals surface area contributed by atoms with Crippen LogP contribution in [0.5, 0.6) is 0 Å². The minimum absolute atomic E-state index is 0.386. The summed E-state index contributed by atoms with van der Waals surface area (Å²) in [6.07, 6.45) is 1.41. The van der Waals surface area contributed by atoms with Crippen molar-refractivity contribution in [3.8, 4) is 0 Å². The van der Waals surface area contributed by atoms with Crippen LogP contribution in [0.25, 0.3) is 0 Å². The largest absolute Gasteiger partial charge is 0.467 e. The number of para-hydroxylation sites is 1. The van der Waals surface area contributed by atoms with Gasteiger partial charge < -0.3 is 4.74 Å². The Hall–Kier alpha value is -2.80. The molecule has 0 aliphatic carbocycles. The van der Waals surface area contributed by atoms with Gasteiger partial charge in [0.25, 0.3) is 0 Å². The molecule has 1 fully saturated rings. The Balaban J connectivity index is 1.85. The predicted octanol–water partition coefficient (Wildman–Crippen LogP) is 2.71. The minimum Gasteiger partial charge on any atom is -0.467 e. The highest BCUT2D eigenvalue weighted by Crippen LogP contribution is 2.49. The number of nitrogens with zero attached hydrogens (tertiary/aromatic N) is 2. The summed E-state index contributed by atoms with van der Waals surface area (Å²) in [7, 11) is 1.25. The molecule has 27 heavy (non-hydrogen) atoms. The van der Waals surface area contributed by atoms with Gasteiger partial charge in [0.2, 0.25) is 11.8 Å². The molecule has 3 atom stereocenters. The van der Waals surface area contributed by atoms with Crippen LogP contribution in [0.4, 0.5) is 5.69 Å². The van der Waals surface area contributed by atoms with Crippen LogP contribution in [0, 0.1) is 11.8 Å². The Morgan fingerprint density at radius 1 is 1.07 bits per heavy atom. The van der Waals surface area contributed by atoms with Crippen molar-refractivity contribution in [3.63, 3.8) is 0 Å². The van der Waals surface area contributed by atoms with E-state index in [1.807, 2.05) is 0 Å². The summed E-state index contributed by atoms with van der Waals surface area (Å²) in [5.41, 5.74) is -0.585. The lowest BCUT2D eigenvalue weighted by Crippen LogP contribution is -2.45. The van der Waals surface area contributed by atoms with Crippen molar-refractivity contribution in [1.29, 1.82) is 0 Å². The maximum atomic E-state index is 13.3. The third-order valence-corrected chi connectivity index (χ3v) is 5.56. The zero-order chi connectivity index (χ0) is 19.2. The Kier molecular flexibility index (Phi) is 4.19. The fraction of sp³-hybridized carbons (Fsp3) is 0.200. The van der Waals surface area contributed by atoms with Gasteiger partial charge in [-0.3, -0.25) is 14.6 Å². The Morgan fingerprint density at radius 3 is 2.37 bits per heavy atom. The van der Waals surface area contributed by atoms with Crippen molar-refractivity contribution >= 4 is 45.6 Å². The van der Waals surface area contributed by atoms with Crippen LogP contribution in [0.3, 0.4) is 0 Å². The van der Waals surface area contributed by atoms with E-state index in [-0.39, 0.29) is 5.91 Å². The number of aliphatic imine (C=N–C) groups is 1. The van der Waals surface area contributed by atoms with Gasteiger partial charge in [-0.2, -0.15) is 0 Å². The van der Waals surface area contributed by atoms with E-state index in [0.717, 1.165) is 9.37 Å². The molecule has 2 aromatic carbocycles. The highest BCUT2D eigenvalue weighted by atomic mass is 79.9. The van der Waals surface area contributed by atoms with Crippen molar-refractivity contribution in [2.75, 3.05) is 12.0 Å². The van der Waals surface area contributed by atoms with Crippen LogP contribution in [0.15, 0.2) is 64.1 Å². The number of imide groups is 1. The molecule has 0 spiro atoms. The second-order valence-corrected chi connectivity index (χ2v) is 7.31. The number of methoxy groups -OCH3 is 1. The first-order chi connectivity index (χ1) is 13.0. The summed E-state index contributed by atoms with van der Waals surface area (Å²) < 4.78 is 5.83. The van der Waals surface area contributed by atoms with Crippen LogP contribution in [-0.4, -0.2) is 31.1 Å². The summed E-state index contributed by atoms with van der Waals surface area (Å²) in [6.45, 7) is 0. The summed E-state index contributed by atoms with van der Waals surface area (Å²) in [5, 5.41) is 0. The summed E-state index contributed by atoms with van der Waals surface area (Å²) >= 11 is 3.36. The van der Waals surface area contributed by atoms with E-state index in [1.165, 1.54) is 13.3 Å². The van der Waals surface area contributed by atoms with Gasteiger partial charge in [-0.05, 0) is 29.8 Å². The number of carbonyl (C=O) groups excluding carboxylic acids is 3. The number of esters is 1. The number of hydrogen-bond donors (Lipinski definition) is 0. The van der Waals surface area contributed by atoms with E-state index < -0.39 is 29.3 Å². The monoisotopic (exact) mass is 426 g/mol. The molecule has 0 radical (unpaired) electrons. The molecule has 136 valence electrons. The fourth-order valence-corrected chi connectivity index (χ4v) is 4.07. The maximum Gasteiger partial charge on any atom is 0.339 e. The molecule has 2 aliphatic heterocycles. The lowest BCUT2D eigenvalue weighted by molar-refractivity contribution is -0.151. The minimum atomic E-state index is -1.57. The maximum absolute atomic E-state index is 13.3. The molecule has 2 amide bonds. The van der Waals surface area contributed by atoms with Gasteiger partial charge in [0.1, 0.15) is 0 Å². The van der Waals surface area contributed by atoms with Gasteiger partial charge in [0, 0.05) is 10.7 Å². The van der Waals surface area contributed by atoms with Crippen molar-refractivity contribution < 1.29 is 19.1 Å². The highest BCUT2D eigenvalue weighted by Gasteiger charge is 2.65. The molecule has 0 unspecified atom stereocenters. The summed E-state index contributed by atoms with van der Waals surface area (Å²) in [6, 6.07) is 15.6. The van der Waals surface area contributed by atoms with E-state index >= 15 is 0 Å². The Labute approximate surface area is 164 Å². The van der Waals surface area contributed by atoms with Crippen LogP contribution < -0.4 is 4.90 Å². The molecular weight excluding hydrogens is 412 g/mol. The van der Waals surface area contributed by atoms with Crippen molar-refractivity contribution in [2.24, 2.45) is 16.8 Å². The number of benzene rings is 2. The molecule has 2 heterocycles.